The fraction of sp³-hybridized carbons (Fsp3) is 0.450. The van der Waals surface area contributed by atoms with Gasteiger partial charge in [-0.25, -0.2) is 0 Å². The highest BCUT2D eigenvalue weighted by molar-refractivity contribution is 5.75. The predicted molar refractivity (Wildman–Crippen MR) is 95.0 cm³/mol. The smallest absolute Gasteiger partial charge is 0.145 e. The summed E-state index contributed by atoms with van der Waals surface area (Å²) in [6.45, 7) is 7.98. The normalized spacial score (nSPS) is 12.0. The zero-order valence-corrected chi connectivity index (χ0v) is 14.4. The first-order chi connectivity index (χ1) is 11.3. The Morgan fingerprint density at radius 2 is 1.78 bits per heavy atom. The minimum Gasteiger partial charge on any atom is -0.493 e. The third-order valence-corrected chi connectivity index (χ3v) is 3.94. The molecule has 0 radical (unpaired) electrons. The number of nitrogens with zero attached hydrogens (tertiary/aromatic N) is 1. The molecule has 0 saturated carbocycles. The van der Waals surface area contributed by atoms with E-state index in [9.17, 15) is 0 Å². The molecule has 0 fully saturated rings. The van der Waals surface area contributed by atoms with Crippen molar-refractivity contribution in [3.05, 3.63) is 42.7 Å². The first-order valence-electron chi connectivity index (χ1n) is 8.55. The number of para-hydroxylation sites is 1. The van der Waals surface area contributed by atoms with E-state index >= 15 is 0 Å². The number of unbranched alkanes of at least 4 members (excludes halogenated alkanes) is 1. The maximum absolute atomic E-state index is 6.05. The molecule has 23 heavy (non-hydrogen) atoms. The van der Waals surface area contributed by atoms with Gasteiger partial charge < -0.3 is 9.47 Å². The summed E-state index contributed by atoms with van der Waals surface area (Å²) in [5.74, 6) is 2.26. The van der Waals surface area contributed by atoms with E-state index in [1.165, 1.54) is 0 Å². The number of hydrogen-bond acceptors (Lipinski definition) is 3. The largest absolute Gasteiger partial charge is 0.493 e. The summed E-state index contributed by atoms with van der Waals surface area (Å²) in [6, 6.07) is 10.1. The predicted octanol–water partition coefficient (Wildman–Crippen LogP) is 5.35. The van der Waals surface area contributed by atoms with E-state index in [1.807, 2.05) is 24.3 Å². The van der Waals surface area contributed by atoms with Crippen LogP contribution < -0.4 is 9.47 Å². The van der Waals surface area contributed by atoms with Gasteiger partial charge in [0.25, 0.3) is 0 Å². The van der Waals surface area contributed by atoms with Crippen molar-refractivity contribution in [3.8, 4) is 22.6 Å². The van der Waals surface area contributed by atoms with Crippen molar-refractivity contribution in [1.29, 1.82) is 0 Å². The first-order valence-corrected chi connectivity index (χ1v) is 8.55. The van der Waals surface area contributed by atoms with Crippen LogP contribution in [0.3, 0.4) is 0 Å². The van der Waals surface area contributed by atoms with Crippen LogP contribution in [0.5, 0.6) is 11.5 Å². The molecule has 1 atom stereocenters. The SMILES string of the molecule is CCCCOc1cnccc1-c1ccccc1OCC(C)CC. The molecule has 1 aromatic heterocycles. The van der Waals surface area contributed by atoms with Crippen molar-refractivity contribution < 1.29 is 9.47 Å². The van der Waals surface area contributed by atoms with Gasteiger partial charge in [-0.1, -0.05) is 51.8 Å². The summed E-state index contributed by atoms with van der Waals surface area (Å²) in [6.07, 6.45) is 6.86. The highest BCUT2D eigenvalue weighted by Gasteiger charge is 2.12. The Morgan fingerprint density at radius 1 is 1.00 bits per heavy atom. The van der Waals surface area contributed by atoms with Crippen LogP contribution >= 0.6 is 0 Å². The maximum Gasteiger partial charge on any atom is 0.145 e. The molecule has 124 valence electrons. The Morgan fingerprint density at radius 3 is 2.57 bits per heavy atom. The quantitative estimate of drug-likeness (QED) is 0.585. The Kier molecular flexibility index (Phi) is 6.92. The minimum atomic E-state index is 0.542. The second-order valence-corrected chi connectivity index (χ2v) is 5.89. The third-order valence-electron chi connectivity index (χ3n) is 3.94. The van der Waals surface area contributed by atoms with Crippen molar-refractivity contribution in [2.75, 3.05) is 13.2 Å². The molecule has 0 amide bonds. The molecule has 0 saturated heterocycles. The van der Waals surface area contributed by atoms with E-state index in [0.717, 1.165) is 48.5 Å². The second-order valence-electron chi connectivity index (χ2n) is 5.89. The molecule has 2 rings (SSSR count). The molecule has 1 aromatic carbocycles. The van der Waals surface area contributed by atoms with Gasteiger partial charge in [0, 0.05) is 17.3 Å². The van der Waals surface area contributed by atoms with Crippen molar-refractivity contribution in [2.45, 2.75) is 40.0 Å². The summed E-state index contributed by atoms with van der Waals surface area (Å²) < 4.78 is 12.0. The van der Waals surface area contributed by atoms with E-state index in [4.69, 9.17) is 9.47 Å². The molecule has 1 heterocycles. The van der Waals surface area contributed by atoms with E-state index < -0.39 is 0 Å². The lowest BCUT2D eigenvalue weighted by Crippen LogP contribution is -2.08. The average molecular weight is 313 g/mol. The van der Waals surface area contributed by atoms with Gasteiger partial charge in [0.2, 0.25) is 0 Å². The van der Waals surface area contributed by atoms with Crippen LogP contribution in [-0.2, 0) is 0 Å². The highest BCUT2D eigenvalue weighted by atomic mass is 16.5. The Labute approximate surface area is 139 Å². The van der Waals surface area contributed by atoms with E-state index in [2.05, 4.69) is 31.8 Å². The number of rotatable bonds is 9. The van der Waals surface area contributed by atoms with Crippen LogP contribution in [-0.4, -0.2) is 18.2 Å². The Bertz CT molecular complexity index is 598. The van der Waals surface area contributed by atoms with Gasteiger partial charge in [0.1, 0.15) is 11.5 Å². The second kappa shape index (κ2) is 9.19. The topological polar surface area (TPSA) is 31.4 Å². The van der Waals surface area contributed by atoms with E-state index in [0.29, 0.717) is 12.5 Å². The summed E-state index contributed by atoms with van der Waals surface area (Å²) in [5, 5.41) is 0. The molecule has 3 heteroatoms. The standard InChI is InChI=1S/C20H27NO2/c1-4-6-13-22-20-14-21-12-11-18(20)17-9-7-8-10-19(17)23-15-16(3)5-2/h7-12,14,16H,4-6,13,15H2,1-3H3. The van der Waals surface area contributed by atoms with Gasteiger partial charge in [0.15, 0.2) is 0 Å². The highest BCUT2D eigenvalue weighted by Crippen LogP contribution is 2.36. The van der Waals surface area contributed by atoms with Crippen LogP contribution in [0, 0.1) is 5.92 Å². The molecule has 0 aliphatic carbocycles. The molecule has 0 N–H and O–H groups in total. The monoisotopic (exact) mass is 313 g/mol. The molecule has 3 nitrogen and oxygen atoms in total. The zero-order valence-electron chi connectivity index (χ0n) is 14.4. The molecule has 0 bridgehead atoms. The minimum absolute atomic E-state index is 0.542. The van der Waals surface area contributed by atoms with Gasteiger partial charge in [-0.15, -0.1) is 0 Å². The molecule has 0 aliphatic rings. The van der Waals surface area contributed by atoms with Crippen LogP contribution in [0.4, 0.5) is 0 Å². The van der Waals surface area contributed by atoms with Gasteiger partial charge in [0.05, 0.1) is 19.4 Å². The molecular formula is C20H27NO2. The van der Waals surface area contributed by atoms with Gasteiger partial charge in [-0.2, -0.15) is 0 Å². The third kappa shape index (κ3) is 4.98. The van der Waals surface area contributed by atoms with Crippen LogP contribution in [0.2, 0.25) is 0 Å². The van der Waals surface area contributed by atoms with Gasteiger partial charge >= 0.3 is 0 Å². The fourth-order valence-corrected chi connectivity index (χ4v) is 2.21. The van der Waals surface area contributed by atoms with Gasteiger partial charge in [-0.3, -0.25) is 4.98 Å². The molecule has 0 spiro atoms. The van der Waals surface area contributed by atoms with Crippen molar-refractivity contribution in [3.63, 3.8) is 0 Å². The van der Waals surface area contributed by atoms with Crippen molar-refractivity contribution >= 4 is 0 Å². The Hall–Kier alpha value is -2.03. The van der Waals surface area contributed by atoms with Crippen LogP contribution in [0.25, 0.3) is 11.1 Å². The number of benzene rings is 1. The fourth-order valence-electron chi connectivity index (χ4n) is 2.21. The molecule has 1 unspecified atom stereocenters. The zero-order chi connectivity index (χ0) is 16.5. The molecule has 2 aromatic rings. The summed E-state index contributed by atoms with van der Waals surface area (Å²) >= 11 is 0. The molecular weight excluding hydrogens is 286 g/mol. The van der Waals surface area contributed by atoms with E-state index in [-0.39, 0.29) is 0 Å². The number of ether oxygens (including phenoxy) is 2. The van der Waals surface area contributed by atoms with Crippen LogP contribution in [0.15, 0.2) is 42.7 Å². The average Bonchev–Trinajstić information content (AvgIpc) is 2.60. The number of aromatic nitrogens is 1. The summed E-state index contributed by atoms with van der Waals surface area (Å²) in [5.41, 5.74) is 2.10. The Balaban J connectivity index is 2.24. The van der Waals surface area contributed by atoms with Crippen molar-refractivity contribution in [2.24, 2.45) is 5.92 Å². The van der Waals surface area contributed by atoms with E-state index in [1.54, 1.807) is 12.4 Å². The number of hydrogen-bond donors (Lipinski definition) is 0. The maximum atomic E-state index is 6.05. The lowest BCUT2D eigenvalue weighted by molar-refractivity contribution is 0.257. The lowest BCUT2D eigenvalue weighted by atomic mass is 10.0. The number of pyridine rings is 1. The first kappa shape index (κ1) is 17.3. The molecule has 0 aliphatic heterocycles. The van der Waals surface area contributed by atoms with Gasteiger partial charge in [-0.05, 0) is 24.5 Å². The summed E-state index contributed by atoms with van der Waals surface area (Å²) in [7, 11) is 0. The summed E-state index contributed by atoms with van der Waals surface area (Å²) in [4.78, 5) is 4.20. The van der Waals surface area contributed by atoms with Crippen molar-refractivity contribution in [1.82, 2.24) is 4.98 Å². The van der Waals surface area contributed by atoms with Crippen LogP contribution in [0.1, 0.15) is 40.0 Å². The lowest BCUT2D eigenvalue weighted by Gasteiger charge is -2.16.